The number of halogens is 1. The first-order valence-corrected chi connectivity index (χ1v) is 8.78. The highest BCUT2D eigenvalue weighted by Crippen LogP contribution is 2.25. The van der Waals surface area contributed by atoms with Crippen LogP contribution in [0.5, 0.6) is 0 Å². The summed E-state index contributed by atoms with van der Waals surface area (Å²) in [4.78, 5) is 0. The van der Waals surface area contributed by atoms with E-state index in [-0.39, 0.29) is 11.2 Å². The van der Waals surface area contributed by atoms with Crippen molar-refractivity contribution in [1.82, 2.24) is 20.4 Å². The number of benzene rings is 2. The van der Waals surface area contributed by atoms with E-state index in [1.165, 1.54) is 12.1 Å². The van der Waals surface area contributed by atoms with Gasteiger partial charge in [-0.15, -0.1) is 10.2 Å². The van der Waals surface area contributed by atoms with Crippen molar-refractivity contribution in [2.45, 2.75) is 19.3 Å². The lowest BCUT2D eigenvalue weighted by Crippen LogP contribution is -2.28. The monoisotopic (exact) mass is 361 g/mol. The number of nitrogens with zero attached hydrogens (tertiary/aromatic N) is 3. The number of H-pyrrole nitrogens is 1. The van der Waals surface area contributed by atoms with Crippen LogP contribution in [0.2, 0.25) is 0 Å². The molecule has 0 aliphatic carbocycles. The Hall–Kier alpha value is -3.28. The summed E-state index contributed by atoms with van der Waals surface area (Å²) in [5.41, 5.74) is 3.69. The van der Waals surface area contributed by atoms with Gasteiger partial charge in [0.1, 0.15) is 11.6 Å². The zero-order valence-corrected chi connectivity index (χ0v) is 15.2. The summed E-state index contributed by atoms with van der Waals surface area (Å²) in [5.74, 6) is 0.482. The lowest BCUT2D eigenvalue weighted by atomic mass is 9.84. The van der Waals surface area contributed by atoms with Gasteiger partial charge in [-0.25, -0.2) is 4.39 Å². The van der Waals surface area contributed by atoms with Crippen molar-refractivity contribution in [2.24, 2.45) is 0 Å². The first-order chi connectivity index (χ1) is 13.0. The molecule has 0 bridgehead atoms. The molecule has 0 aliphatic rings. The minimum absolute atomic E-state index is 0.166. The largest absolute Gasteiger partial charge is 0.368 e. The van der Waals surface area contributed by atoms with Crippen molar-refractivity contribution in [3.05, 3.63) is 72.2 Å². The molecular weight excluding hydrogens is 341 g/mol. The third-order valence-electron chi connectivity index (χ3n) is 4.74. The van der Waals surface area contributed by atoms with Crippen molar-refractivity contribution < 1.29 is 4.39 Å². The van der Waals surface area contributed by atoms with Crippen molar-refractivity contribution in [3.63, 3.8) is 0 Å². The first kappa shape index (κ1) is 17.1. The molecule has 2 aromatic heterocycles. The molecule has 0 unspecified atom stereocenters. The van der Waals surface area contributed by atoms with Gasteiger partial charge in [0.15, 0.2) is 0 Å². The van der Waals surface area contributed by atoms with Gasteiger partial charge >= 0.3 is 0 Å². The van der Waals surface area contributed by atoms with Crippen LogP contribution in [0, 0.1) is 5.82 Å². The zero-order valence-electron chi connectivity index (χ0n) is 15.2. The fraction of sp³-hybridized carbons (Fsp3) is 0.190. The van der Waals surface area contributed by atoms with Crippen LogP contribution in [0.4, 0.5) is 10.2 Å². The van der Waals surface area contributed by atoms with E-state index in [0.29, 0.717) is 12.4 Å². The van der Waals surface area contributed by atoms with E-state index < -0.39 is 0 Å². The average Bonchev–Trinajstić information content (AvgIpc) is 3.15. The van der Waals surface area contributed by atoms with Crippen LogP contribution >= 0.6 is 0 Å². The Labute approximate surface area is 156 Å². The third-order valence-corrected chi connectivity index (χ3v) is 4.74. The average molecular weight is 361 g/mol. The Balaban J connectivity index is 1.46. The van der Waals surface area contributed by atoms with Crippen molar-refractivity contribution >= 4 is 16.7 Å². The summed E-state index contributed by atoms with van der Waals surface area (Å²) in [7, 11) is 0. The summed E-state index contributed by atoms with van der Waals surface area (Å²) in [5, 5.41) is 20.0. The van der Waals surface area contributed by atoms with Crippen molar-refractivity contribution in [3.8, 4) is 11.3 Å². The molecule has 0 radical (unpaired) electrons. The van der Waals surface area contributed by atoms with Gasteiger partial charge in [-0.1, -0.05) is 32.0 Å². The first-order valence-electron chi connectivity index (χ1n) is 8.78. The fourth-order valence-corrected chi connectivity index (χ4v) is 3.00. The van der Waals surface area contributed by atoms with E-state index >= 15 is 0 Å². The van der Waals surface area contributed by atoms with E-state index in [1.54, 1.807) is 6.20 Å². The van der Waals surface area contributed by atoms with E-state index in [2.05, 4.69) is 39.6 Å². The Morgan fingerprint density at radius 2 is 1.81 bits per heavy atom. The van der Waals surface area contributed by atoms with Crippen LogP contribution in [0.1, 0.15) is 19.4 Å². The molecule has 2 aromatic carbocycles. The zero-order chi connectivity index (χ0) is 18.9. The summed E-state index contributed by atoms with van der Waals surface area (Å²) < 4.78 is 13.1. The SMILES string of the molecule is CC(C)(CNc1ccc(-c2ccc3[nH]ncc3c2)nn1)c1ccc(F)cc1. The molecule has 27 heavy (non-hydrogen) atoms. The Kier molecular flexibility index (Phi) is 4.32. The van der Waals surface area contributed by atoms with Gasteiger partial charge in [0.25, 0.3) is 0 Å². The predicted molar refractivity (Wildman–Crippen MR) is 105 cm³/mol. The normalized spacial score (nSPS) is 11.7. The topological polar surface area (TPSA) is 66.5 Å². The lowest BCUT2D eigenvalue weighted by molar-refractivity contribution is 0.552. The standard InChI is InChI=1S/C21H20FN5/c1-21(2,16-4-6-17(22)7-5-16)13-23-20-10-9-18(26-27-20)14-3-8-19-15(11-14)12-24-25-19/h3-12H,13H2,1-2H3,(H,23,27)(H,24,25). The van der Waals surface area contributed by atoms with Gasteiger partial charge in [-0.3, -0.25) is 5.10 Å². The highest BCUT2D eigenvalue weighted by atomic mass is 19.1. The van der Waals surface area contributed by atoms with Crippen LogP contribution in [-0.4, -0.2) is 26.9 Å². The Morgan fingerprint density at radius 1 is 1.00 bits per heavy atom. The lowest BCUT2D eigenvalue weighted by Gasteiger charge is -2.25. The molecule has 0 saturated heterocycles. The van der Waals surface area contributed by atoms with Gasteiger partial charge in [0, 0.05) is 22.9 Å². The van der Waals surface area contributed by atoms with Gasteiger partial charge in [-0.2, -0.15) is 5.10 Å². The van der Waals surface area contributed by atoms with Crippen molar-refractivity contribution in [1.29, 1.82) is 0 Å². The van der Waals surface area contributed by atoms with Gasteiger partial charge in [0.05, 0.1) is 17.4 Å². The van der Waals surface area contributed by atoms with Gasteiger partial charge < -0.3 is 5.32 Å². The molecule has 2 N–H and O–H groups in total. The molecule has 6 heteroatoms. The number of rotatable bonds is 5. The van der Waals surface area contributed by atoms with Crippen LogP contribution in [-0.2, 0) is 5.41 Å². The molecule has 5 nitrogen and oxygen atoms in total. The van der Waals surface area contributed by atoms with Gasteiger partial charge in [-0.05, 0) is 42.0 Å². The van der Waals surface area contributed by atoms with Crippen LogP contribution in [0.25, 0.3) is 22.2 Å². The molecule has 0 aliphatic heterocycles. The number of hydrogen-bond donors (Lipinski definition) is 2. The minimum atomic E-state index is -0.224. The number of nitrogens with one attached hydrogen (secondary N) is 2. The second-order valence-corrected chi connectivity index (χ2v) is 7.22. The minimum Gasteiger partial charge on any atom is -0.368 e. The van der Waals surface area contributed by atoms with Crippen LogP contribution < -0.4 is 5.32 Å². The quantitative estimate of drug-likeness (QED) is 0.547. The number of anilines is 1. The molecule has 0 atom stereocenters. The predicted octanol–water partition coefficient (Wildman–Crippen LogP) is 4.55. The van der Waals surface area contributed by atoms with E-state index in [4.69, 9.17) is 0 Å². The summed E-state index contributed by atoms with van der Waals surface area (Å²) in [6.45, 7) is 4.87. The fourth-order valence-electron chi connectivity index (χ4n) is 3.00. The number of hydrogen-bond acceptors (Lipinski definition) is 4. The second kappa shape index (κ2) is 6.79. The van der Waals surface area contributed by atoms with E-state index in [0.717, 1.165) is 27.7 Å². The smallest absolute Gasteiger partial charge is 0.148 e. The van der Waals surface area contributed by atoms with Gasteiger partial charge in [0.2, 0.25) is 0 Å². The molecule has 0 fully saturated rings. The maximum absolute atomic E-state index is 13.1. The van der Waals surface area contributed by atoms with Crippen LogP contribution in [0.15, 0.2) is 60.8 Å². The molecule has 0 spiro atoms. The highest BCUT2D eigenvalue weighted by molar-refractivity contribution is 5.83. The summed E-state index contributed by atoms with van der Waals surface area (Å²) in [6, 6.07) is 16.5. The van der Waals surface area contributed by atoms with Crippen molar-refractivity contribution in [2.75, 3.05) is 11.9 Å². The molecule has 0 saturated carbocycles. The Morgan fingerprint density at radius 3 is 2.56 bits per heavy atom. The number of aromatic amines is 1. The third kappa shape index (κ3) is 3.65. The molecular formula is C21H20FN5. The molecule has 2 heterocycles. The summed E-state index contributed by atoms with van der Waals surface area (Å²) >= 11 is 0. The Bertz CT molecular complexity index is 1050. The molecule has 4 aromatic rings. The molecule has 136 valence electrons. The molecule has 4 rings (SSSR count). The number of fused-ring (bicyclic) bond motifs is 1. The summed E-state index contributed by atoms with van der Waals surface area (Å²) in [6.07, 6.45) is 1.79. The highest BCUT2D eigenvalue weighted by Gasteiger charge is 2.20. The van der Waals surface area contributed by atoms with E-state index in [1.807, 2.05) is 42.5 Å². The molecule has 0 amide bonds. The maximum atomic E-state index is 13.1. The number of aromatic nitrogens is 4. The maximum Gasteiger partial charge on any atom is 0.148 e. The van der Waals surface area contributed by atoms with E-state index in [9.17, 15) is 4.39 Å². The second-order valence-electron chi connectivity index (χ2n) is 7.22. The van der Waals surface area contributed by atoms with Crippen LogP contribution in [0.3, 0.4) is 0 Å².